The second-order valence-corrected chi connectivity index (χ2v) is 16.7. The molecule has 5 nitrogen and oxygen atoms in total. The van der Waals surface area contributed by atoms with Crippen LogP contribution in [0.3, 0.4) is 0 Å². The van der Waals surface area contributed by atoms with Crippen LogP contribution in [0, 0.1) is 13.7 Å². The first-order valence-corrected chi connectivity index (χ1v) is 21.0. The van der Waals surface area contributed by atoms with E-state index in [-0.39, 0.29) is 62.5 Å². The first kappa shape index (κ1) is 27.6. The fourth-order valence-corrected chi connectivity index (χ4v) is 8.70. The summed E-state index contributed by atoms with van der Waals surface area (Å²) in [5.41, 5.74) is 4.05. The second-order valence-electron chi connectivity index (χ2n) is 16.7. The van der Waals surface area contributed by atoms with Gasteiger partial charge in [0.05, 0.1) is 24.7 Å². The summed E-state index contributed by atoms with van der Waals surface area (Å²) in [7, 11) is 0. The molecule has 0 bridgehead atoms. The van der Waals surface area contributed by atoms with Gasteiger partial charge < -0.3 is 17.1 Å². The molecule has 11 rings (SSSR count). The maximum atomic E-state index is 9.06. The van der Waals surface area contributed by atoms with Gasteiger partial charge >= 0.3 is 0 Å². The smallest absolute Gasteiger partial charge is 0.255 e. The topological polar surface area (TPSA) is 35.9 Å². The Morgan fingerprint density at radius 3 is 1.97 bits per heavy atom. The largest absolute Gasteiger partial charge is 1.00 e. The molecule has 0 aliphatic carbocycles. The molecule has 8 aromatic carbocycles. The predicted molar refractivity (Wildman–Crippen MR) is 268 cm³/mol. The van der Waals surface area contributed by atoms with E-state index in [9.17, 15) is 0 Å². The highest BCUT2D eigenvalue weighted by molar-refractivity contribution is 6.14. The molecule has 0 atom stereocenters. The lowest BCUT2D eigenvalue weighted by Gasteiger charge is -2.20. The summed E-state index contributed by atoms with van der Waals surface area (Å²) < 4.78 is 151. The average Bonchev–Trinajstić information content (AvgIpc) is 4.18. The third-order valence-electron chi connectivity index (χ3n) is 11.7. The van der Waals surface area contributed by atoms with E-state index >= 15 is 0 Å². The molecule has 3 heterocycles. The minimum atomic E-state index is -2.67. The minimum absolute atomic E-state index is 0. The first-order chi connectivity index (χ1) is 38.3. The lowest BCUT2D eigenvalue weighted by Crippen LogP contribution is -3.00. The number of benzene rings is 8. The quantitative estimate of drug-likeness (QED) is 0.143. The van der Waals surface area contributed by atoms with Gasteiger partial charge in [-0.2, -0.15) is 9.13 Å². The van der Waals surface area contributed by atoms with Crippen molar-refractivity contribution in [2.75, 3.05) is 0 Å². The molecule has 11 aromatic rings. The summed E-state index contributed by atoms with van der Waals surface area (Å²) in [6, 6.07) is 33.0. The van der Waals surface area contributed by atoms with Crippen LogP contribution in [0.4, 0.5) is 0 Å². The highest BCUT2D eigenvalue weighted by Gasteiger charge is 2.26. The molecule has 0 saturated heterocycles. The van der Waals surface area contributed by atoms with Gasteiger partial charge in [-0.05, 0) is 101 Å². The number of fused-ring (bicyclic) bond motifs is 4. The maximum absolute atomic E-state index is 9.06. The van der Waals surface area contributed by atoms with E-state index in [4.69, 9.17) is 31.7 Å². The third-order valence-corrected chi connectivity index (χ3v) is 11.7. The van der Waals surface area contributed by atoms with Crippen molar-refractivity contribution in [3.8, 4) is 62.1 Å². The Hall–Kier alpha value is -7.73. The fraction of sp³-hybridized carbons (Fsp3) is 0.100. The number of hydrogen-bond donors (Lipinski definition) is 0. The molecule has 0 amide bonds. The number of rotatable bonds is 8. The molecule has 0 radical (unpaired) electrons. The lowest BCUT2D eigenvalue weighted by atomic mass is 9.88. The molecule has 6 heteroatoms. The monoisotopic (exact) mass is 892 g/mol. The molecule has 0 fully saturated rings. The molecule has 0 aliphatic rings. The molecule has 0 N–H and O–H groups in total. The van der Waals surface area contributed by atoms with Gasteiger partial charge in [-0.3, -0.25) is 4.57 Å². The van der Waals surface area contributed by atoms with Crippen LogP contribution < -0.4 is 21.7 Å². The SMILES string of the molecule is [2H]c1c([2H])c([2H])c(-c2cccc(-c3c([2H])c([2H])c([2H])c([2H])c3[2H])c2-[n+]2cn(-c3cccc(Oc4ccc5c6cccc(-c7c(C([2H])([2H])[2H])cccc7C([2H])([2H])[2H])c6n(-c6cc(C(C)(C)C)ccn6)c5c4)c3)c3ccccc32)c([2H])c1[2H].[Cl-]. The molecule has 0 unspecified atom stereocenters. The summed E-state index contributed by atoms with van der Waals surface area (Å²) >= 11 is 0. The molecule has 0 spiro atoms. The van der Waals surface area contributed by atoms with Gasteiger partial charge in [-0.15, -0.1) is 0 Å². The lowest BCUT2D eigenvalue weighted by molar-refractivity contribution is -0.566. The van der Waals surface area contributed by atoms with Gasteiger partial charge in [0.15, 0.2) is 11.0 Å². The zero-order valence-corrected chi connectivity index (χ0v) is 36.7. The van der Waals surface area contributed by atoms with E-state index < -0.39 is 74.1 Å². The van der Waals surface area contributed by atoms with Crippen molar-refractivity contribution < 1.29 is 43.6 Å². The van der Waals surface area contributed by atoms with Crippen LogP contribution in [-0.2, 0) is 5.41 Å². The molecule has 322 valence electrons. The van der Waals surface area contributed by atoms with Gasteiger partial charge in [-0.25, -0.2) is 4.98 Å². The Balaban J connectivity index is 0.00000753. The number of imidazole rings is 1. The number of pyridine rings is 1. The Morgan fingerprint density at radius 1 is 0.606 bits per heavy atom. The summed E-state index contributed by atoms with van der Waals surface area (Å²) in [6.45, 7) is 0.914. The average molecular weight is 894 g/mol. The van der Waals surface area contributed by atoms with Crippen LogP contribution in [0.25, 0.3) is 83.4 Å². The summed E-state index contributed by atoms with van der Waals surface area (Å²) in [4.78, 5) is 4.87. The maximum Gasteiger partial charge on any atom is 0.255 e. The van der Waals surface area contributed by atoms with Gasteiger partial charge in [0.1, 0.15) is 28.7 Å². The van der Waals surface area contributed by atoms with Crippen LogP contribution in [0.15, 0.2) is 206 Å². The van der Waals surface area contributed by atoms with Gasteiger partial charge in [0.25, 0.3) is 6.33 Å². The summed E-state index contributed by atoms with van der Waals surface area (Å²) in [6.07, 6.45) is 3.44. The van der Waals surface area contributed by atoms with Crippen molar-refractivity contribution in [1.29, 1.82) is 0 Å². The number of hydrogen-bond acceptors (Lipinski definition) is 2. The number of aryl methyl sites for hydroxylation is 2. The number of para-hydroxylation sites is 4. The van der Waals surface area contributed by atoms with E-state index in [0.29, 0.717) is 56.0 Å². The summed E-state index contributed by atoms with van der Waals surface area (Å²) in [5.74, 6) is 1.32. The van der Waals surface area contributed by atoms with Crippen LogP contribution in [0.1, 0.15) is 59.4 Å². The van der Waals surface area contributed by atoms with Crippen molar-refractivity contribution in [1.82, 2.24) is 14.1 Å². The second kappa shape index (κ2) is 17.0. The first-order valence-electron chi connectivity index (χ1n) is 29.0. The summed E-state index contributed by atoms with van der Waals surface area (Å²) in [5, 5.41) is 1.47. The van der Waals surface area contributed by atoms with E-state index in [0.717, 1.165) is 10.9 Å². The zero-order valence-electron chi connectivity index (χ0n) is 51.9. The van der Waals surface area contributed by atoms with E-state index in [1.165, 1.54) is 18.2 Å². The number of aromatic nitrogens is 4. The highest BCUT2D eigenvalue weighted by Crippen LogP contribution is 2.42. The van der Waals surface area contributed by atoms with Crippen molar-refractivity contribution in [3.05, 3.63) is 223 Å². The number of halogens is 1. The van der Waals surface area contributed by atoms with Crippen molar-refractivity contribution in [2.45, 2.75) is 39.9 Å². The van der Waals surface area contributed by atoms with Gasteiger partial charge in [0, 0.05) is 54.0 Å². The molecule has 3 aromatic heterocycles. The molecule has 0 aliphatic heterocycles. The normalized spacial score (nSPS) is 15.4. The van der Waals surface area contributed by atoms with Crippen LogP contribution in [-0.4, -0.2) is 14.1 Å². The van der Waals surface area contributed by atoms with E-state index in [2.05, 4.69) is 20.8 Å². The van der Waals surface area contributed by atoms with Crippen molar-refractivity contribution in [2.24, 2.45) is 0 Å². The standard InChI is InChI=1S/C60H49N4O.ClH/c1-40-18-14-19-41(2)57(40)52-29-17-28-51-50-33-32-47(38-55(50)64(59(51)52)56-36-44(34-35-61-56)60(3,4)5)65-46-25-15-24-45(37-46)62-39-63(54-31-13-12-30-53(54)62)58-48(42-20-8-6-9-21-42)26-16-27-49(58)43-22-10-7-11-23-43;/h6-39H,1-5H3;1H/q+1;/p-1/i1D3,2D3,6D,7D,8D,9D,10D,11D,20D,21D,22D,23D;. The Morgan fingerprint density at radius 2 is 1.26 bits per heavy atom. The fourth-order valence-electron chi connectivity index (χ4n) is 8.70. The number of nitrogens with zero attached hydrogens (tertiary/aromatic N) is 4. The van der Waals surface area contributed by atoms with Crippen LogP contribution >= 0.6 is 0 Å². The van der Waals surface area contributed by atoms with Crippen LogP contribution in [0.2, 0.25) is 0 Å². The van der Waals surface area contributed by atoms with Crippen molar-refractivity contribution >= 4 is 32.8 Å². The molecular formula is C60H49ClN4O. The Bertz CT molecular complexity index is 4250. The number of ether oxygens (including phenoxy) is 1. The van der Waals surface area contributed by atoms with Gasteiger partial charge in [-0.1, -0.05) is 154 Å². The predicted octanol–water partition coefficient (Wildman–Crippen LogP) is 12.1. The Kier molecular flexibility index (Phi) is 7.10. The Labute approximate surface area is 414 Å². The molecule has 66 heavy (non-hydrogen) atoms. The third kappa shape index (κ3) is 7.41. The van der Waals surface area contributed by atoms with Gasteiger partial charge in [0.2, 0.25) is 0 Å². The van der Waals surface area contributed by atoms with Crippen molar-refractivity contribution in [3.63, 3.8) is 0 Å². The zero-order chi connectivity index (χ0) is 57.9. The van der Waals surface area contributed by atoms with Crippen LogP contribution in [0.5, 0.6) is 11.5 Å². The minimum Gasteiger partial charge on any atom is -1.00 e. The highest BCUT2D eigenvalue weighted by atomic mass is 35.5. The van der Waals surface area contributed by atoms with E-state index in [1.54, 1.807) is 65.6 Å². The molecule has 0 saturated carbocycles. The molecular weight excluding hydrogens is 828 g/mol. The van der Waals surface area contributed by atoms with E-state index in [1.807, 2.05) is 75.9 Å².